The summed E-state index contributed by atoms with van der Waals surface area (Å²) in [6, 6.07) is 3.39. The van der Waals surface area contributed by atoms with Gasteiger partial charge in [-0.3, -0.25) is 4.79 Å². The molecular weight excluding hydrogens is 294 g/mol. The molecule has 1 fully saturated rings. The smallest absolute Gasteiger partial charge is 0.178 e. The minimum Gasteiger partial charge on any atom is -0.400 e. The maximum Gasteiger partial charge on any atom is 0.178 e. The zero-order valence-corrected chi connectivity index (χ0v) is 12.9. The van der Waals surface area contributed by atoms with Crippen LogP contribution in [-0.2, 0) is 10.6 Å². The van der Waals surface area contributed by atoms with Crippen LogP contribution in [0.3, 0.4) is 0 Å². The zero-order valence-electron chi connectivity index (χ0n) is 12.2. The van der Waals surface area contributed by atoms with Crippen LogP contribution >= 0.6 is 11.6 Å². The van der Waals surface area contributed by atoms with E-state index in [9.17, 15) is 4.79 Å². The number of aliphatic hydroxyl groups is 1. The Kier molecular flexibility index (Phi) is 7.89. The molecule has 3 heterocycles. The zero-order chi connectivity index (χ0) is 15.7. The van der Waals surface area contributed by atoms with Crippen molar-refractivity contribution < 1.29 is 14.6 Å². The van der Waals surface area contributed by atoms with Crippen molar-refractivity contribution in [2.45, 2.75) is 31.7 Å². The number of aromatic nitrogens is 3. The van der Waals surface area contributed by atoms with Gasteiger partial charge < -0.3 is 14.8 Å². The number of ether oxygens (including phenoxy) is 1. The number of rotatable bonds is 2. The summed E-state index contributed by atoms with van der Waals surface area (Å²) in [4.78, 5) is 21.5. The number of nitrogens with one attached hydrogen (secondary N) is 1. The molecule has 0 amide bonds. The molecule has 0 bridgehead atoms. The Morgan fingerprint density at radius 3 is 2.71 bits per heavy atom. The molecule has 0 unspecified atom stereocenters. The fourth-order valence-corrected chi connectivity index (χ4v) is 1.95. The first-order valence-electron chi connectivity index (χ1n) is 6.66. The van der Waals surface area contributed by atoms with Crippen molar-refractivity contribution in [3.63, 3.8) is 0 Å². The molecular formula is C14H20ClN3O3. The van der Waals surface area contributed by atoms with Gasteiger partial charge in [-0.05, 0) is 31.9 Å². The molecule has 1 aliphatic rings. The van der Waals surface area contributed by atoms with Crippen molar-refractivity contribution >= 4 is 29.1 Å². The third kappa shape index (κ3) is 5.41. The standard InChI is InChI=1S/C8H6ClN3O.C5H10O.CH4O/c9-3-7-11-6-2-1-5(4-13)10-8(6)12-7;1-5-3-2-4-6-5;1-2/h1-2,4H,3H2,(H,10,11,12);5H,2-4H2,1H3;2H,1H3/t;5-;/m.1./s1. The number of nitrogens with zero attached hydrogens (tertiary/aromatic N) is 2. The van der Waals surface area contributed by atoms with E-state index < -0.39 is 0 Å². The molecule has 0 saturated carbocycles. The minimum absolute atomic E-state index is 0.312. The molecule has 1 aliphatic heterocycles. The Hall–Kier alpha value is -1.50. The number of imidazole rings is 1. The molecule has 1 atom stereocenters. The van der Waals surface area contributed by atoms with Gasteiger partial charge >= 0.3 is 0 Å². The average Bonchev–Trinajstić information content (AvgIpc) is 3.17. The van der Waals surface area contributed by atoms with Gasteiger partial charge in [0.15, 0.2) is 11.9 Å². The Labute approximate surface area is 128 Å². The molecule has 0 aromatic carbocycles. The molecule has 0 spiro atoms. The highest BCUT2D eigenvalue weighted by Crippen LogP contribution is 2.10. The predicted octanol–water partition coefficient (Wildman–Crippen LogP) is 2.30. The van der Waals surface area contributed by atoms with Gasteiger partial charge in [0.2, 0.25) is 0 Å². The number of carbonyl (C=O) groups excluding carboxylic acids is 1. The van der Waals surface area contributed by atoms with Crippen LogP contribution in [0.5, 0.6) is 0 Å². The molecule has 2 aromatic rings. The van der Waals surface area contributed by atoms with E-state index in [1.165, 1.54) is 12.8 Å². The Morgan fingerprint density at radius 1 is 1.48 bits per heavy atom. The van der Waals surface area contributed by atoms with E-state index in [-0.39, 0.29) is 0 Å². The largest absolute Gasteiger partial charge is 0.400 e. The number of pyridine rings is 1. The molecule has 6 nitrogen and oxygen atoms in total. The van der Waals surface area contributed by atoms with E-state index in [0.717, 1.165) is 19.2 Å². The van der Waals surface area contributed by atoms with E-state index in [2.05, 4.69) is 21.9 Å². The van der Waals surface area contributed by atoms with E-state index >= 15 is 0 Å². The fourth-order valence-electron chi connectivity index (χ4n) is 1.82. The van der Waals surface area contributed by atoms with Gasteiger partial charge in [0.25, 0.3) is 0 Å². The van der Waals surface area contributed by atoms with E-state index in [4.69, 9.17) is 21.4 Å². The number of alkyl halides is 1. The lowest BCUT2D eigenvalue weighted by molar-refractivity contribution is 0.111. The summed E-state index contributed by atoms with van der Waals surface area (Å²) in [6.07, 6.45) is 3.76. The number of aldehydes is 1. The second kappa shape index (κ2) is 9.44. The van der Waals surface area contributed by atoms with Crippen molar-refractivity contribution in [3.8, 4) is 0 Å². The molecule has 116 valence electrons. The number of aliphatic hydroxyl groups excluding tert-OH is 1. The summed E-state index contributed by atoms with van der Waals surface area (Å²) < 4.78 is 5.15. The van der Waals surface area contributed by atoms with Gasteiger partial charge in [0, 0.05) is 13.7 Å². The summed E-state index contributed by atoms with van der Waals surface area (Å²) >= 11 is 5.58. The highest BCUT2D eigenvalue weighted by molar-refractivity contribution is 6.16. The van der Waals surface area contributed by atoms with Gasteiger partial charge in [-0.15, -0.1) is 11.6 Å². The van der Waals surface area contributed by atoms with Crippen molar-refractivity contribution in [1.82, 2.24) is 15.0 Å². The normalized spacial score (nSPS) is 16.7. The van der Waals surface area contributed by atoms with Gasteiger partial charge in [0.1, 0.15) is 11.5 Å². The number of H-pyrrole nitrogens is 1. The molecule has 0 radical (unpaired) electrons. The van der Waals surface area contributed by atoms with Crippen LogP contribution < -0.4 is 0 Å². The van der Waals surface area contributed by atoms with Gasteiger partial charge in [-0.25, -0.2) is 9.97 Å². The first-order valence-corrected chi connectivity index (χ1v) is 7.19. The maximum absolute atomic E-state index is 10.4. The first kappa shape index (κ1) is 17.6. The van der Waals surface area contributed by atoms with Crippen LogP contribution in [0.2, 0.25) is 0 Å². The summed E-state index contributed by atoms with van der Waals surface area (Å²) in [7, 11) is 1.00. The number of fused-ring (bicyclic) bond motifs is 1. The number of hydrogen-bond donors (Lipinski definition) is 2. The summed E-state index contributed by atoms with van der Waals surface area (Å²) in [6.45, 7) is 3.11. The van der Waals surface area contributed by atoms with Crippen molar-refractivity contribution in [2.24, 2.45) is 0 Å². The first-order chi connectivity index (χ1) is 10.2. The molecule has 2 aromatic heterocycles. The van der Waals surface area contributed by atoms with E-state index in [0.29, 0.717) is 35.4 Å². The average molecular weight is 314 g/mol. The van der Waals surface area contributed by atoms with Crippen molar-refractivity contribution in [3.05, 3.63) is 23.7 Å². The lowest BCUT2D eigenvalue weighted by Crippen LogP contribution is -1.94. The number of carbonyl (C=O) groups is 1. The van der Waals surface area contributed by atoms with Gasteiger partial charge in [-0.2, -0.15) is 0 Å². The predicted molar refractivity (Wildman–Crippen MR) is 81.6 cm³/mol. The molecule has 1 saturated heterocycles. The van der Waals surface area contributed by atoms with Crippen molar-refractivity contribution in [2.75, 3.05) is 13.7 Å². The Bertz CT molecular complexity index is 553. The van der Waals surface area contributed by atoms with Crippen LogP contribution in [0.4, 0.5) is 0 Å². The lowest BCUT2D eigenvalue weighted by atomic mass is 10.3. The van der Waals surface area contributed by atoms with Crippen LogP contribution in [0.1, 0.15) is 36.1 Å². The maximum atomic E-state index is 10.4. The van der Waals surface area contributed by atoms with Gasteiger partial charge in [-0.1, -0.05) is 0 Å². The highest BCUT2D eigenvalue weighted by atomic mass is 35.5. The number of hydrogen-bond acceptors (Lipinski definition) is 5. The summed E-state index contributed by atoms with van der Waals surface area (Å²) in [5, 5.41) is 7.00. The molecule has 2 N–H and O–H groups in total. The monoisotopic (exact) mass is 313 g/mol. The van der Waals surface area contributed by atoms with Gasteiger partial charge in [0.05, 0.1) is 17.5 Å². The molecule has 3 rings (SSSR count). The SMILES string of the molecule is CO.C[C@@H]1CCCO1.O=Cc1ccc2[nH]c(CCl)nc2n1. The van der Waals surface area contributed by atoms with Crippen molar-refractivity contribution in [1.29, 1.82) is 0 Å². The fraction of sp³-hybridized carbons (Fsp3) is 0.500. The molecule has 21 heavy (non-hydrogen) atoms. The van der Waals surface area contributed by atoms with E-state index in [1.807, 2.05) is 0 Å². The lowest BCUT2D eigenvalue weighted by Gasteiger charge is -1.94. The summed E-state index contributed by atoms with van der Waals surface area (Å²) in [5.41, 5.74) is 1.70. The number of halogens is 1. The van der Waals surface area contributed by atoms with Crippen LogP contribution in [0.25, 0.3) is 11.2 Å². The third-order valence-electron chi connectivity index (χ3n) is 2.82. The number of aromatic amines is 1. The summed E-state index contributed by atoms with van der Waals surface area (Å²) in [5.74, 6) is 0.972. The topological polar surface area (TPSA) is 88.1 Å². The Balaban J connectivity index is 0.000000231. The van der Waals surface area contributed by atoms with E-state index in [1.54, 1.807) is 12.1 Å². The second-order valence-electron chi connectivity index (χ2n) is 4.37. The quantitative estimate of drug-likeness (QED) is 0.656. The second-order valence-corrected chi connectivity index (χ2v) is 4.63. The highest BCUT2D eigenvalue weighted by Gasteiger charge is 2.07. The molecule has 7 heteroatoms. The van der Waals surface area contributed by atoms with Crippen LogP contribution in [0, 0.1) is 0 Å². The van der Waals surface area contributed by atoms with Crippen LogP contribution in [-0.4, -0.2) is 46.2 Å². The molecule has 0 aliphatic carbocycles. The third-order valence-corrected chi connectivity index (χ3v) is 3.07. The Morgan fingerprint density at radius 2 is 2.24 bits per heavy atom. The minimum atomic E-state index is 0.312. The van der Waals surface area contributed by atoms with Crippen LogP contribution in [0.15, 0.2) is 12.1 Å².